The molecule has 1 amide bonds. The zero-order valence-electron chi connectivity index (χ0n) is 20.6. The Hall–Kier alpha value is -2.71. The Kier molecular flexibility index (Phi) is 6.10. The zero-order valence-corrected chi connectivity index (χ0v) is 20.6. The number of carbonyl (C=O) groups excluding carboxylic acids is 1. The molecule has 0 bridgehead atoms. The van der Waals surface area contributed by atoms with Crippen LogP contribution in [-0.2, 0) is 4.74 Å². The Morgan fingerprint density at radius 1 is 0.971 bits per heavy atom. The highest BCUT2D eigenvalue weighted by atomic mass is 16.5. The maximum absolute atomic E-state index is 13.7. The van der Waals surface area contributed by atoms with E-state index in [0.717, 1.165) is 66.3 Å². The average Bonchev–Trinajstić information content (AvgIpc) is 3.35. The highest BCUT2D eigenvalue weighted by molar-refractivity contribution is 6.07. The number of piperidine rings is 2. The number of ether oxygens (including phenoxy) is 1. The molecule has 8 nitrogen and oxygen atoms in total. The van der Waals surface area contributed by atoms with Crippen LogP contribution in [0.4, 0.5) is 0 Å². The number of carbonyl (C=O) groups is 1. The Labute approximate surface area is 205 Å². The molecule has 3 aliphatic rings. The van der Waals surface area contributed by atoms with Crippen LogP contribution in [0.5, 0.6) is 0 Å². The summed E-state index contributed by atoms with van der Waals surface area (Å²) in [5, 5.41) is 6.08. The molecule has 3 fully saturated rings. The van der Waals surface area contributed by atoms with E-state index in [1.54, 1.807) is 6.20 Å². The Bertz CT molecular complexity index is 1290. The molecule has 3 aliphatic heterocycles. The van der Waals surface area contributed by atoms with Crippen molar-refractivity contribution in [2.24, 2.45) is 0 Å². The molecule has 8 heteroatoms. The lowest BCUT2D eigenvalue weighted by Gasteiger charge is -2.40. The average molecular weight is 478 g/mol. The predicted octanol–water partition coefficient (Wildman–Crippen LogP) is 3.63. The predicted molar refractivity (Wildman–Crippen MR) is 136 cm³/mol. The van der Waals surface area contributed by atoms with Crippen molar-refractivity contribution in [1.29, 1.82) is 0 Å². The minimum atomic E-state index is -0.135. The van der Waals surface area contributed by atoms with Gasteiger partial charge in [-0.05, 0) is 76.2 Å². The maximum atomic E-state index is 13.7. The SMILES string of the molecule is Cc1cc2[nH]c(=O)c3cnn(C4CCOCC4)c3c2cc1C(=O)N1CCC(N2CCCCC2)CC1. The lowest BCUT2D eigenvalue weighted by molar-refractivity contribution is 0.0589. The van der Waals surface area contributed by atoms with Crippen LogP contribution in [0.2, 0.25) is 0 Å². The van der Waals surface area contributed by atoms with Crippen LogP contribution in [0.3, 0.4) is 0 Å². The minimum Gasteiger partial charge on any atom is -0.381 e. The quantitative estimate of drug-likeness (QED) is 0.623. The van der Waals surface area contributed by atoms with Crippen LogP contribution in [0.25, 0.3) is 21.8 Å². The lowest BCUT2D eigenvalue weighted by Crippen LogP contribution is -2.48. The summed E-state index contributed by atoms with van der Waals surface area (Å²) in [5.74, 6) is 0.0953. The first-order valence-corrected chi connectivity index (χ1v) is 13.2. The van der Waals surface area contributed by atoms with Crippen LogP contribution in [0.15, 0.2) is 23.1 Å². The fourth-order valence-corrected chi connectivity index (χ4v) is 6.32. The van der Waals surface area contributed by atoms with Gasteiger partial charge in [0.05, 0.1) is 28.7 Å². The van der Waals surface area contributed by atoms with E-state index in [1.165, 1.54) is 32.4 Å². The summed E-state index contributed by atoms with van der Waals surface area (Å²) in [5.41, 5.74) is 3.07. The zero-order chi connectivity index (χ0) is 23.9. The second-order valence-electron chi connectivity index (χ2n) is 10.5. The van der Waals surface area contributed by atoms with E-state index in [9.17, 15) is 9.59 Å². The van der Waals surface area contributed by atoms with Crippen molar-refractivity contribution in [3.63, 3.8) is 0 Å². The fraction of sp³-hybridized carbons (Fsp3) is 0.593. The van der Waals surface area contributed by atoms with Gasteiger partial charge < -0.3 is 19.5 Å². The number of aromatic nitrogens is 3. The van der Waals surface area contributed by atoms with E-state index >= 15 is 0 Å². The first kappa shape index (κ1) is 22.7. The van der Waals surface area contributed by atoms with Gasteiger partial charge in [0.2, 0.25) is 0 Å². The van der Waals surface area contributed by atoms with Gasteiger partial charge in [-0.3, -0.25) is 14.3 Å². The molecule has 1 N–H and O–H groups in total. The molecule has 5 heterocycles. The second kappa shape index (κ2) is 9.39. The number of nitrogens with one attached hydrogen (secondary N) is 1. The van der Waals surface area contributed by atoms with Gasteiger partial charge in [-0.2, -0.15) is 5.10 Å². The van der Waals surface area contributed by atoms with Crippen molar-refractivity contribution in [2.45, 2.75) is 64.0 Å². The summed E-state index contributed by atoms with van der Waals surface area (Å²) in [6.07, 6.45) is 9.45. The molecule has 0 atom stereocenters. The highest BCUT2D eigenvalue weighted by Crippen LogP contribution is 2.31. The lowest BCUT2D eigenvalue weighted by atomic mass is 9.98. The molecule has 1 aromatic carbocycles. The summed E-state index contributed by atoms with van der Waals surface area (Å²) in [4.78, 5) is 34.2. The molecule has 0 aliphatic carbocycles. The largest absolute Gasteiger partial charge is 0.381 e. The van der Waals surface area contributed by atoms with Gasteiger partial charge >= 0.3 is 0 Å². The number of aryl methyl sites for hydroxylation is 1. The third-order valence-corrected chi connectivity index (χ3v) is 8.33. The van der Waals surface area contributed by atoms with E-state index in [0.29, 0.717) is 24.6 Å². The number of nitrogens with zero attached hydrogens (tertiary/aromatic N) is 4. The van der Waals surface area contributed by atoms with Crippen molar-refractivity contribution < 1.29 is 9.53 Å². The first-order chi connectivity index (χ1) is 17.1. The van der Waals surface area contributed by atoms with E-state index in [1.807, 2.05) is 28.6 Å². The standard InChI is InChI=1S/C27H35N5O3/c1-18-15-24-22(25-23(26(33)29-24)17-28-32(25)20-7-13-35-14-8-20)16-21(18)27(34)31-11-5-19(6-12-31)30-9-3-2-4-10-30/h15-17,19-20H,2-14H2,1H3,(H,29,33). The summed E-state index contributed by atoms with van der Waals surface area (Å²) in [6.45, 7) is 7.38. The number of pyridine rings is 1. The molecule has 3 aromatic rings. The number of hydrogen-bond donors (Lipinski definition) is 1. The summed E-state index contributed by atoms with van der Waals surface area (Å²) < 4.78 is 7.53. The molecule has 0 spiro atoms. The molecule has 0 radical (unpaired) electrons. The number of benzene rings is 1. The van der Waals surface area contributed by atoms with Gasteiger partial charge in [-0.15, -0.1) is 0 Å². The van der Waals surface area contributed by atoms with Crippen LogP contribution in [0.1, 0.15) is 66.9 Å². The molecule has 186 valence electrons. The molecule has 0 unspecified atom stereocenters. The summed E-state index contributed by atoms with van der Waals surface area (Å²) in [7, 11) is 0. The van der Waals surface area contributed by atoms with E-state index < -0.39 is 0 Å². The van der Waals surface area contributed by atoms with E-state index in [2.05, 4.69) is 15.0 Å². The van der Waals surface area contributed by atoms with Crippen molar-refractivity contribution in [3.05, 3.63) is 39.8 Å². The number of likely N-dealkylation sites (tertiary alicyclic amines) is 2. The van der Waals surface area contributed by atoms with Crippen LogP contribution in [0, 0.1) is 6.92 Å². The third-order valence-electron chi connectivity index (χ3n) is 8.33. The van der Waals surface area contributed by atoms with Gasteiger partial charge in [-0.25, -0.2) is 0 Å². The monoisotopic (exact) mass is 477 g/mol. The van der Waals surface area contributed by atoms with Crippen LogP contribution < -0.4 is 5.56 Å². The molecular formula is C27H35N5O3. The molecule has 0 saturated carbocycles. The molecular weight excluding hydrogens is 442 g/mol. The Morgan fingerprint density at radius 2 is 1.71 bits per heavy atom. The van der Waals surface area contributed by atoms with Gasteiger partial charge in [0, 0.05) is 43.3 Å². The smallest absolute Gasteiger partial charge is 0.259 e. The van der Waals surface area contributed by atoms with Gasteiger partial charge in [0.15, 0.2) is 0 Å². The third kappa shape index (κ3) is 4.16. The number of amides is 1. The number of hydrogen-bond acceptors (Lipinski definition) is 5. The number of fused-ring (bicyclic) bond motifs is 3. The van der Waals surface area contributed by atoms with Crippen molar-refractivity contribution in [3.8, 4) is 0 Å². The Morgan fingerprint density at radius 3 is 2.46 bits per heavy atom. The highest BCUT2D eigenvalue weighted by Gasteiger charge is 2.29. The molecule has 2 aromatic heterocycles. The fourth-order valence-electron chi connectivity index (χ4n) is 6.32. The maximum Gasteiger partial charge on any atom is 0.259 e. The van der Waals surface area contributed by atoms with Crippen LogP contribution in [-0.4, -0.2) is 75.9 Å². The van der Waals surface area contributed by atoms with Gasteiger partial charge in [-0.1, -0.05) is 6.42 Å². The van der Waals surface area contributed by atoms with Gasteiger partial charge in [0.25, 0.3) is 11.5 Å². The normalized spacial score (nSPS) is 21.2. The Balaban J connectivity index is 1.32. The van der Waals surface area contributed by atoms with Gasteiger partial charge in [0.1, 0.15) is 0 Å². The second-order valence-corrected chi connectivity index (χ2v) is 10.5. The van der Waals surface area contributed by atoms with E-state index in [4.69, 9.17) is 4.74 Å². The summed E-state index contributed by atoms with van der Waals surface area (Å²) >= 11 is 0. The van der Waals surface area contributed by atoms with Crippen LogP contribution >= 0.6 is 0 Å². The van der Waals surface area contributed by atoms with Crippen molar-refractivity contribution >= 4 is 27.7 Å². The summed E-state index contributed by atoms with van der Waals surface area (Å²) in [6, 6.07) is 4.74. The first-order valence-electron chi connectivity index (χ1n) is 13.2. The van der Waals surface area contributed by atoms with Crippen molar-refractivity contribution in [1.82, 2.24) is 24.6 Å². The number of aromatic amines is 1. The number of rotatable bonds is 3. The van der Waals surface area contributed by atoms with E-state index in [-0.39, 0.29) is 17.5 Å². The molecule has 35 heavy (non-hydrogen) atoms. The molecule has 6 rings (SSSR count). The minimum absolute atomic E-state index is 0.0953. The molecule has 3 saturated heterocycles. The van der Waals surface area contributed by atoms with Crippen molar-refractivity contribution in [2.75, 3.05) is 39.4 Å². The topological polar surface area (TPSA) is 83.5 Å². The number of H-pyrrole nitrogens is 1.